The lowest BCUT2D eigenvalue weighted by molar-refractivity contribution is 0.409. The number of aryl methyl sites for hydroxylation is 2. The Morgan fingerprint density at radius 1 is 0.769 bits per heavy atom. The van der Waals surface area contributed by atoms with Gasteiger partial charge in [0.25, 0.3) is 0 Å². The van der Waals surface area contributed by atoms with Crippen molar-refractivity contribution in [1.82, 2.24) is 15.0 Å². The molecule has 0 saturated carbocycles. The first-order valence-electron chi connectivity index (χ1n) is 8.52. The van der Waals surface area contributed by atoms with E-state index in [2.05, 4.69) is 30.1 Å². The maximum absolute atomic E-state index is 5.31. The topological polar surface area (TPSA) is 47.9 Å². The summed E-state index contributed by atoms with van der Waals surface area (Å²) in [5.41, 5.74) is 5.69. The van der Waals surface area contributed by atoms with Crippen molar-refractivity contribution in [3.8, 4) is 28.5 Å². The molecular weight excluding hydrogens is 322 g/mol. The minimum Gasteiger partial charge on any atom is -0.495 e. The molecule has 0 aliphatic heterocycles. The van der Waals surface area contributed by atoms with Gasteiger partial charge in [0.05, 0.1) is 24.0 Å². The largest absolute Gasteiger partial charge is 0.495 e. The molecule has 0 N–H and O–H groups in total. The predicted octanol–water partition coefficient (Wildman–Crippen LogP) is 4.98. The summed E-state index contributed by atoms with van der Waals surface area (Å²) < 4.78 is 5.31. The van der Waals surface area contributed by atoms with E-state index in [0.29, 0.717) is 5.82 Å². The highest BCUT2D eigenvalue weighted by atomic mass is 16.5. The number of benzene rings is 2. The number of hydrogen-bond donors (Lipinski definition) is 0. The molecule has 0 spiro atoms. The van der Waals surface area contributed by atoms with Crippen LogP contribution in [0.2, 0.25) is 0 Å². The van der Waals surface area contributed by atoms with Crippen molar-refractivity contribution < 1.29 is 4.74 Å². The van der Waals surface area contributed by atoms with Gasteiger partial charge in [0.1, 0.15) is 11.4 Å². The summed E-state index contributed by atoms with van der Waals surface area (Å²) in [5.74, 6) is 1.38. The summed E-state index contributed by atoms with van der Waals surface area (Å²) in [6.07, 6.45) is 0. The van der Waals surface area contributed by atoms with Crippen molar-refractivity contribution in [3.63, 3.8) is 0 Å². The Hall–Kier alpha value is -3.27. The fourth-order valence-corrected chi connectivity index (χ4v) is 3.12. The van der Waals surface area contributed by atoms with Crippen LogP contribution in [0.1, 0.15) is 11.3 Å². The van der Waals surface area contributed by atoms with E-state index in [1.807, 2.05) is 49.4 Å². The van der Waals surface area contributed by atoms with Crippen LogP contribution in [0.5, 0.6) is 5.75 Å². The molecule has 2 aromatic heterocycles. The minimum atomic E-state index is 0.618. The van der Waals surface area contributed by atoms with Crippen LogP contribution in [0.25, 0.3) is 33.7 Å². The fourth-order valence-electron chi connectivity index (χ4n) is 3.12. The molecule has 0 aliphatic rings. The van der Waals surface area contributed by atoms with Gasteiger partial charge < -0.3 is 4.74 Å². The minimum absolute atomic E-state index is 0.618. The zero-order valence-corrected chi connectivity index (χ0v) is 15.0. The van der Waals surface area contributed by atoms with Crippen molar-refractivity contribution in [1.29, 1.82) is 0 Å². The maximum Gasteiger partial charge on any atom is 0.179 e. The Balaban J connectivity index is 1.98. The van der Waals surface area contributed by atoms with Crippen molar-refractivity contribution in [2.45, 2.75) is 13.8 Å². The molecular formula is C22H19N3O. The molecule has 0 atom stereocenters. The van der Waals surface area contributed by atoms with Gasteiger partial charge in [-0.2, -0.15) is 0 Å². The number of nitrogens with zero attached hydrogens (tertiary/aromatic N) is 3. The summed E-state index contributed by atoms with van der Waals surface area (Å²) in [5, 5.41) is 1.04. The smallest absolute Gasteiger partial charge is 0.179 e. The second kappa shape index (κ2) is 6.56. The van der Waals surface area contributed by atoms with Crippen LogP contribution >= 0.6 is 0 Å². The molecule has 0 unspecified atom stereocenters. The van der Waals surface area contributed by atoms with Gasteiger partial charge in [-0.05, 0) is 37.6 Å². The van der Waals surface area contributed by atoms with Crippen LogP contribution in [-0.4, -0.2) is 22.1 Å². The van der Waals surface area contributed by atoms with Crippen molar-refractivity contribution in [3.05, 3.63) is 71.9 Å². The second-order valence-electron chi connectivity index (χ2n) is 6.21. The number of aromatic nitrogens is 3. The molecule has 0 amide bonds. The summed E-state index contributed by atoms with van der Waals surface area (Å²) >= 11 is 0. The number of ether oxygens (including phenoxy) is 1. The first-order valence-corrected chi connectivity index (χ1v) is 8.52. The third-order valence-electron chi connectivity index (χ3n) is 4.49. The van der Waals surface area contributed by atoms with E-state index in [1.165, 1.54) is 5.56 Å². The van der Waals surface area contributed by atoms with Gasteiger partial charge >= 0.3 is 0 Å². The third kappa shape index (κ3) is 2.80. The van der Waals surface area contributed by atoms with Gasteiger partial charge in [-0.3, -0.25) is 0 Å². The molecule has 4 heteroatoms. The highest BCUT2D eigenvalue weighted by Gasteiger charge is 2.14. The van der Waals surface area contributed by atoms with Gasteiger partial charge in [0, 0.05) is 10.9 Å². The highest BCUT2D eigenvalue weighted by molar-refractivity contribution is 5.94. The van der Waals surface area contributed by atoms with Crippen molar-refractivity contribution in [2.75, 3.05) is 7.11 Å². The molecule has 4 rings (SSSR count). The van der Waals surface area contributed by atoms with E-state index >= 15 is 0 Å². The number of rotatable bonds is 3. The lowest BCUT2D eigenvalue weighted by atomic mass is 10.0. The maximum atomic E-state index is 5.31. The molecule has 2 heterocycles. The van der Waals surface area contributed by atoms with E-state index < -0.39 is 0 Å². The Morgan fingerprint density at radius 3 is 2.31 bits per heavy atom. The normalized spacial score (nSPS) is 10.9. The Morgan fingerprint density at radius 2 is 1.54 bits per heavy atom. The summed E-state index contributed by atoms with van der Waals surface area (Å²) in [7, 11) is 1.65. The van der Waals surface area contributed by atoms with Crippen molar-refractivity contribution in [2.24, 2.45) is 0 Å². The Kier molecular flexibility index (Phi) is 4.09. The molecule has 4 nitrogen and oxygen atoms in total. The summed E-state index contributed by atoms with van der Waals surface area (Å²) in [6.45, 7) is 4.02. The number of methoxy groups -OCH3 is 1. The standard InChI is InChI=1S/C22H19N3O/c1-14-8-4-5-9-16(14)21-17-10-6-7-11-18(17)24-22(25-21)19-12-13-20(26-3)15(2)23-19/h4-13H,1-3H3. The average molecular weight is 341 g/mol. The molecule has 0 radical (unpaired) electrons. The number of pyridine rings is 1. The third-order valence-corrected chi connectivity index (χ3v) is 4.49. The van der Waals surface area contributed by atoms with Gasteiger partial charge in [-0.1, -0.05) is 42.5 Å². The molecule has 0 fully saturated rings. The van der Waals surface area contributed by atoms with Gasteiger partial charge in [0.2, 0.25) is 0 Å². The van der Waals surface area contributed by atoms with Crippen LogP contribution in [0.15, 0.2) is 60.7 Å². The van der Waals surface area contributed by atoms with E-state index in [9.17, 15) is 0 Å². The zero-order chi connectivity index (χ0) is 18.1. The summed E-state index contributed by atoms with van der Waals surface area (Å²) in [4.78, 5) is 14.3. The van der Waals surface area contributed by atoms with E-state index in [4.69, 9.17) is 14.7 Å². The number of hydrogen-bond acceptors (Lipinski definition) is 4. The molecule has 128 valence electrons. The lowest BCUT2D eigenvalue weighted by Crippen LogP contribution is -1.99. The SMILES string of the molecule is COc1ccc(-c2nc(-c3ccccc3C)c3ccccc3n2)nc1C. The molecule has 0 bridgehead atoms. The van der Waals surface area contributed by atoms with Gasteiger partial charge in [-0.25, -0.2) is 15.0 Å². The molecule has 0 saturated heterocycles. The van der Waals surface area contributed by atoms with Crippen LogP contribution in [0.3, 0.4) is 0 Å². The molecule has 26 heavy (non-hydrogen) atoms. The van der Waals surface area contributed by atoms with Crippen LogP contribution in [-0.2, 0) is 0 Å². The first kappa shape index (κ1) is 16.2. The monoisotopic (exact) mass is 341 g/mol. The molecule has 4 aromatic rings. The highest BCUT2D eigenvalue weighted by Crippen LogP contribution is 2.31. The lowest BCUT2D eigenvalue weighted by Gasteiger charge is -2.11. The Bertz CT molecular complexity index is 1110. The Labute approximate surface area is 152 Å². The number of fused-ring (bicyclic) bond motifs is 1. The van der Waals surface area contributed by atoms with E-state index in [-0.39, 0.29) is 0 Å². The van der Waals surface area contributed by atoms with Crippen molar-refractivity contribution >= 4 is 10.9 Å². The molecule has 0 aliphatic carbocycles. The van der Waals surface area contributed by atoms with E-state index in [1.54, 1.807) is 7.11 Å². The van der Waals surface area contributed by atoms with Gasteiger partial charge in [0.15, 0.2) is 5.82 Å². The predicted molar refractivity (Wildman–Crippen MR) is 104 cm³/mol. The second-order valence-corrected chi connectivity index (χ2v) is 6.21. The first-order chi connectivity index (χ1) is 12.7. The zero-order valence-electron chi connectivity index (χ0n) is 15.0. The average Bonchev–Trinajstić information content (AvgIpc) is 2.67. The van der Waals surface area contributed by atoms with Gasteiger partial charge in [-0.15, -0.1) is 0 Å². The summed E-state index contributed by atoms with van der Waals surface area (Å²) in [6, 6.07) is 20.2. The van der Waals surface area contributed by atoms with E-state index in [0.717, 1.165) is 39.3 Å². The van der Waals surface area contributed by atoms with Crippen LogP contribution < -0.4 is 4.74 Å². The van der Waals surface area contributed by atoms with Crippen LogP contribution in [0, 0.1) is 13.8 Å². The molecule has 2 aromatic carbocycles. The fraction of sp³-hybridized carbons (Fsp3) is 0.136. The quantitative estimate of drug-likeness (QED) is 0.527. The van der Waals surface area contributed by atoms with Crippen LogP contribution in [0.4, 0.5) is 0 Å². The number of para-hydroxylation sites is 1.